The van der Waals surface area contributed by atoms with Crippen LogP contribution >= 0.6 is 0 Å². The highest BCUT2D eigenvalue weighted by Crippen LogP contribution is 2.54. The standard InChI is InChI=1S/C27H30F3NO/c28-27(29,30)21-8-4-5-18(15-21)9-14-25(32)26-23-16-31(17-24(23)26)22-12-10-20(11-13-22)19-6-2-1-3-7-19/h1-8,15,20,22-24,26H,9-14,16-17H2/t20?,22?,23-,24+,26?. The maximum Gasteiger partial charge on any atom is 0.416 e. The van der Waals surface area contributed by atoms with Crippen LogP contribution < -0.4 is 0 Å². The lowest BCUT2D eigenvalue weighted by Crippen LogP contribution is -2.38. The molecular formula is C27H30F3NO. The van der Waals surface area contributed by atoms with Crippen molar-refractivity contribution in [2.75, 3.05) is 13.1 Å². The summed E-state index contributed by atoms with van der Waals surface area (Å²) in [4.78, 5) is 15.3. The van der Waals surface area contributed by atoms with Crippen molar-refractivity contribution >= 4 is 5.78 Å². The number of hydrogen-bond acceptors (Lipinski definition) is 2. The molecule has 2 aliphatic carbocycles. The Kier molecular flexibility index (Phi) is 5.87. The molecule has 5 rings (SSSR count). The van der Waals surface area contributed by atoms with Crippen molar-refractivity contribution in [1.82, 2.24) is 4.90 Å². The molecule has 2 saturated carbocycles. The first-order chi connectivity index (χ1) is 15.4. The highest BCUT2D eigenvalue weighted by molar-refractivity contribution is 5.85. The zero-order valence-electron chi connectivity index (χ0n) is 18.2. The summed E-state index contributed by atoms with van der Waals surface area (Å²) in [7, 11) is 0. The number of benzene rings is 2. The van der Waals surface area contributed by atoms with Crippen LogP contribution in [0.4, 0.5) is 13.2 Å². The van der Waals surface area contributed by atoms with E-state index < -0.39 is 11.7 Å². The largest absolute Gasteiger partial charge is 0.416 e. The average molecular weight is 442 g/mol. The number of piperidine rings is 1. The smallest absolute Gasteiger partial charge is 0.300 e. The van der Waals surface area contributed by atoms with Gasteiger partial charge < -0.3 is 0 Å². The van der Waals surface area contributed by atoms with Gasteiger partial charge in [0.05, 0.1) is 5.56 Å². The summed E-state index contributed by atoms with van der Waals surface area (Å²) < 4.78 is 38.7. The van der Waals surface area contributed by atoms with Gasteiger partial charge >= 0.3 is 6.18 Å². The van der Waals surface area contributed by atoms with Crippen molar-refractivity contribution in [3.8, 4) is 0 Å². The Morgan fingerprint density at radius 3 is 2.25 bits per heavy atom. The summed E-state index contributed by atoms with van der Waals surface area (Å²) in [5, 5.41) is 0. The fraction of sp³-hybridized carbons (Fsp3) is 0.519. The molecule has 32 heavy (non-hydrogen) atoms. The normalized spacial score (nSPS) is 30.2. The maximum atomic E-state index is 12.9. The van der Waals surface area contributed by atoms with Crippen LogP contribution in [0.25, 0.3) is 0 Å². The SMILES string of the molecule is O=C(CCc1cccc(C(F)(F)F)c1)C1[C@H]2CN(C3CCC(c4ccccc4)CC3)C[C@@H]12. The van der Waals surface area contributed by atoms with Crippen molar-refractivity contribution in [3.63, 3.8) is 0 Å². The molecule has 3 fully saturated rings. The summed E-state index contributed by atoms with van der Waals surface area (Å²) in [5.74, 6) is 1.99. The zero-order chi connectivity index (χ0) is 22.3. The predicted octanol–water partition coefficient (Wildman–Crippen LogP) is 6.11. The molecule has 0 aromatic heterocycles. The third-order valence-corrected chi connectivity index (χ3v) is 7.99. The van der Waals surface area contributed by atoms with Gasteiger partial charge in [0.25, 0.3) is 0 Å². The van der Waals surface area contributed by atoms with Crippen LogP contribution in [-0.4, -0.2) is 29.8 Å². The number of carbonyl (C=O) groups excluding carboxylic acids is 1. The molecule has 1 unspecified atom stereocenters. The third-order valence-electron chi connectivity index (χ3n) is 7.99. The Labute approximate surface area is 187 Å². The van der Waals surface area contributed by atoms with Crippen molar-refractivity contribution in [1.29, 1.82) is 0 Å². The molecule has 2 nitrogen and oxygen atoms in total. The van der Waals surface area contributed by atoms with E-state index in [4.69, 9.17) is 0 Å². The number of rotatable bonds is 6. The van der Waals surface area contributed by atoms with Gasteiger partial charge in [0.15, 0.2) is 0 Å². The number of likely N-dealkylation sites (tertiary alicyclic amines) is 1. The van der Waals surface area contributed by atoms with E-state index in [9.17, 15) is 18.0 Å². The first-order valence-electron chi connectivity index (χ1n) is 11.9. The van der Waals surface area contributed by atoms with Crippen LogP contribution in [0.3, 0.4) is 0 Å². The molecule has 0 spiro atoms. The van der Waals surface area contributed by atoms with Gasteiger partial charge in [0.1, 0.15) is 5.78 Å². The second kappa shape index (κ2) is 8.66. The van der Waals surface area contributed by atoms with Crippen LogP contribution in [-0.2, 0) is 17.4 Å². The number of alkyl halides is 3. The minimum absolute atomic E-state index is 0.137. The van der Waals surface area contributed by atoms with E-state index in [0.717, 1.165) is 19.2 Å². The second-order valence-electron chi connectivity index (χ2n) is 9.89. The molecule has 1 heterocycles. The fourth-order valence-electron chi connectivity index (χ4n) is 6.17. The Hall–Kier alpha value is -2.14. The number of nitrogens with zero attached hydrogens (tertiary/aromatic N) is 1. The Morgan fingerprint density at radius 2 is 1.59 bits per heavy atom. The third kappa shape index (κ3) is 4.50. The molecule has 1 aliphatic heterocycles. The second-order valence-corrected chi connectivity index (χ2v) is 9.89. The molecule has 5 heteroatoms. The molecule has 2 aromatic rings. The van der Waals surface area contributed by atoms with Crippen molar-refractivity contribution in [3.05, 3.63) is 71.3 Å². The molecule has 0 amide bonds. The zero-order valence-corrected chi connectivity index (χ0v) is 18.2. The average Bonchev–Trinajstić information content (AvgIpc) is 3.31. The predicted molar refractivity (Wildman–Crippen MR) is 118 cm³/mol. The van der Waals surface area contributed by atoms with Crippen LogP contribution in [0, 0.1) is 17.8 Å². The molecule has 170 valence electrons. The van der Waals surface area contributed by atoms with Gasteiger partial charge in [0, 0.05) is 31.5 Å². The molecule has 3 aliphatic rings. The van der Waals surface area contributed by atoms with E-state index in [0.29, 0.717) is 42.2 Å². The number of hydrogen-bond donors (Lipinski definition) is 0. The molecule has 0 bridgehead atoms. The fourth-order valence-corrected chi connectivity index (χ4v) is 6.17. The number of carbonyl (C=O) groups is 1. The summed E-state index contributed by atoms with van der Waals surface area (Å²) >= 11 is 0. The van der Waals surface area contributed by atoms with Crippen molar-refractivity contribution < 1.29 is 18.0 Å². The van der Waals surface area contributed by atoms with E-state index in [1.165, 1.54) is 43.4 Å². The minimum atomic E-state index is -4.34. The molecular weight excluding hydrogens is 411 g/mol. The van der Waals surface area contributed by atoms with Gasteiger partial charge in [-0.05, 0) is 67.1 Å². The number of ketones is 1. The number of fused-ring (bicyclic) bond motifs is 1. The molecule has 0 radical (unpaired) electrons. The van der Waals surface area contributed by atoms with Gasteiger partial charge in [-0.15, -0.1) is 0 Å². The molecule has 1 saturated heterocycles. The Bertz CT molecular complexity index is 937. The van der Waals surface area contributed by atoms with Gasteiger partial charge in [-0.2, -0.15) is 13.2 Å². The molecule has 2 aromatic carbocycles. The number of halogens is 3. The maximum absolute atomic E-state index is 12.9. The van der Waals surface area contributed by atoms with Crippen LogP contribution in [0.1, 0.15) is 54.7 Å². The van der Waals surface area contributed by atoms with Crippen LogP contribution in [0.15, 0.2) is 54.6 Å². The van der Waals surface area contributed by atoms with E-state index in [2.05, 4.69) is 35.2 Å². The molecule has 0 N–H and O–H groups in total. The van der Waals surface area contributed by atoms with Gasteiger partial charge in [-0.1, -0.05) is 48.5 Å². The first kappa shape index (κ1) is 21.7. The first-order valence-corrected chi connectivity index (χ1v) is 11.9. The quantitative estimate of drug-likeness (QED) is 0.539. The Morgan fingerprint density at radius 1 is 0.906 bits per heavy atom. The van der Waals surface area contributed by atoms with E-state index in [1.807, 2.05) is 0 Å². The summed E-state index contributed by atoms with van der Waals surface area (Å²) in [6, 6.07) is 16.8. The lowest BCUT2D eigenvalue weighted by Gasteiger charge is -2.36. The summed E-state index contributed by atoms with van der Waals surface area (Å²) in [6.45, 7) is 2.04. The minimum Gasteiger partial charge on any atom is -0.300 e. The summed E-state index contributed by atoms with van der Waals surface area (Å²) in [6.07, 6.45) is 1.34. The highest BCUT2D eigenvalue weighted by Gasteiger charge is 2.59. The van der Waals surface area contributed by atoms with E-state index in [1.54, 1.807) is 6.07 Å². The monoisotopic (exact) mass is 441 g/mol. The lowest BCUT2D eigenvalue weighted by atomic mass is 9.81. The number of Topliss-reactive ketones (excluding diaryl/α,β-unsaturated/α-hetero) is 1. The van der Waals surface area contributed by atoms with Gasteiger partial charge in [0.2, 0.25) is 0 Å². The highest BCUT2D eigenvalue weighted by atomic mass is 19.4. The van der Waals surface area contributed by atoms with Crippen molar-refractivity contribution in [2.24, 2.45) is 17.8 Å². The van der Waals surface area contributed by atoms with E-state index >= 15 is 0 Å². The van der Waals surface area contributed by atoms with Crippen LogP contribution in [0.2, 0.25) is 0 Å². The van der Waals surface area contributed by atoms with Gasteiger partial charge in [-0.25, -0.2) is 0 Å². The van der Waals surface area contributed by atoms with Gasteiger partial charge in [-0.3, -0.25) is 9.69 Å². The molecule has 3 atom stereocenters. The summed E-state index contributed by atoms with van der Waals surface area (Å²) in [5.41, 5.74) is 1.42. The van der Waals surface area contributed by atoms with Crippen molar-refractivity contribution in [2.45, 2.75) is 56.7 Å². The Balaban J connectivity index is 1.07. The topological polar surface area (TPSA) is 20.3 Å². The number of aryl methyl sites for hydroxylation is 1. The van der Waals surface area contributed by atoms with Crippen LogP contribution in [0.5, 0.6) is 0 Å². The lowest BCUT2D eigenvalue weighted by molar-refractivity contribution is -0.137. The van der Waals surface area contributed by atoms with E-state index in [-0.39, 0.29) is 11.7 Å².